The van der Waals surface area contributed by atoms with Crippen LogP contribution in [0.2, 0.25) is 0 Å². The van der Waals surface area contributed by atoms with Gasteiger partial charge in [0.2, 0.25) is 0 Å². The van der Waals surface area contributed by atoms with E-state index < -0.39 is 0 Å². The molecule has 18 heavy (non-hydrogen) atoms. The standard InChI is InChI=1S/C15H14N2O/c1-2-6-15-14(5-1)12(7-8-17-15)10-16-11-13-4-3-9-18-13/h1-9,16H,10-11H2. The van der Waals surface area contributed by atoms with E-state index in [1.54, 1.807) is 6.26 Å². The number of rotatable bonds is 4. The molecular formula is C15H14N2O. The van der Waals surface area contributed by atoms with E-state index in [2.05, 4.69) is 22.4 Å². The van der Waals surface area contributed by atoms with Crippen LogP contribution in [0.5, 0.6) is 0 Å². The lowest BCUT2D eigenvalue weighted by atomic mass is 10.1. The van der Waals surface area contributed by atoms with Crippen molar-refractivity contribution in [1.29, 1.82) is 0 Å². The van der Waals surface area contributed by atoms with Crippen molar-refractivity contribution in [2.45, 2.75) is 13.1 Å². The number of pyridine rings is 1. The number of nitrogens with zero attached hydrogens (tertiary/aromatic N) is 1. The highest BCUT2D eigenvalue weighted by Crippen LogP contribution is 2.15. The predicted molar refractivity (Wildman–Crippen MR) is 71.0 cm³/mol. The smallest absolute Gasteiger partial charge is 0.117 e. The maximum absolute atomic E-state index is 5.28. The number of para-hydroxylation sites is 1. The summed E-state index contributed by atoms with van der Waals surface area (Å²) in [5, 5.41) is 4.58. The van der Waals surface area contributed by atoms with E-state index in [1.807, 2.05) is 36.5 Å². The first-order valence-electron chi connectivity index (χ1n) is 5.99. The number of hydrogen-bond acceptors (Lipinski definition) is 3. The van der Waals surface area contributed by atoms with Crippen molar-refractivity contribution in [3.05, 3.63) is 66.2 Å². The highest BCUT2D eigenvalue weighted by atomic mass is 16.3. The van der Waals surface area contributed by atoms with Crippen LogP contribution in [0, 0.1) is 0 Å². The number of benzene rings is 1. The molecule has 0 saturated carbocycles. The zero-order chi connectivity index (χ0) is 12.2. The van der Waals surface area contributed by atoms with Crippen molar-refractivity contribution in [1.82, 2.24) is 10.3 Å². The predicted octanol–water partition coefficient (Wildman–Crippen LogP) is 3.12. The van der Waals surface area contributed by atoms with Crippen molar-refractivity contribution >= 4 is 10.9 Å². The third-order valence-electron chi connectivity index (χ3n) is 2.93. The first kappa shape index (κ1) is 11.0. The van der Waals surface area contributed by atoms with Gasteiger partial charge in [-0.2, -0.15) is 0 Å². The third-order valence-corrected chi connectivity index (χ3v) is 2.93. The second kappa shape index (κ2) is 5.02. The first-order valence-corrected chi connectivity index (χ1v) is 5.99. The number of aromatic nitrogens is 1. The van der Waals surface area contributed by atoms with Gasteiger partial charge in [-0.3, -0.25) is 4.98 Å². The molecule has 0 bridgehead atoms. The molecule has 0 aliphatic heterocycles. The summed E-state index contributed by atoms with van der Waals surface area (Å²) in [6.45, 7) is 1.55. The van der Waals surface area contributed by atoms with E-state index in [0.29, 0.717) is 0 Å². The Morgan fingerprint density at radius 3 is 2.83 bits per heavy atom. The van der Waals surface area contributed by atoms with Gasteiger partial charge in [-0.1, -0.05) is 18.2 Å². The number of fused-ring (bicyclic) bond motifs is 1. The van der Waals surface area contributed by atoms with E-state index in [-0.39, 0.29) is 0 Å². The Morgan fingerprint density at radius 2 is 1.94 bits per heavy atom. The van der Waals surface area contributed by atoms with Crippen LogP contribution in [-0.2, 0) is 13.1 Å². The van der Waals surface area contributed by atoms with Crippen molar-refractivity contribution in [3.63, 3.8) is 0 Å². The van der Waals surface area contributed by atoms with Gasteiger partial charge in [0, 0.05) is 18.1 Å². The van der Waals surface area contributed by atoms with Crippen molar-refractivity contribution in [2.75, 3.05) is 0 Å². The molecule has 0 saturated heterocycles. The van der Waals surface area contributed by atoms with E-state index in [1.165, 1.54) is 10.9 Å². The van der Waals surface area contributed by atoms with Crippen LogP contribution in [0.1, 0.15) is 11.3 Å². The van der Waals surface area contributed by atoms with Crippen LogP contribution in [0.4, 0.5) is 0 Å². The second-order valence-electron chi connectivity index (χ2n) is 4.17. The highest BCUT2D eigenvalue weighted by molar-refractivity contribution is 5.81. The first-order chi connectivity index (χ1) is 8.93. The summed E-state index contributed by atoms with van der Waals surface area (Å²) in [4.78, 5) is 4.35. The molecule has 3 nitrogen and oxygen atoms in total. The topological polar surface area (TPSA) is 38.1 Å². The van der Waals surface area contributed by atoms with Gasteiger partial charge in [0.05, 0.1) is 18.3 Å². The molecule has 0 atom stereocenters. The van der Waals surface area contributed by atoms with Gasteiger partial charge in [0.15, 0.2) is 0 Å². The highest BCUT2D eigenvalue weighted by Gasteiger charge is 2.01. The molecule has 0 radical (unpaired) electrons. The van der Waals surface area contributed by atoms with Crippen LogP contribution in [-0.4, -0.2) is 4.98 Å². The van der Waals surface area contributed by atoms with Crippen LogP contribution in [0.3, 0.4) is 0 Å². The fourth-order valence-electron chi connectivity index (χ4n) is 2.04. The Hall–Kier alpha value is -2.13. The molecule has 2 aromatic heterocycles. The normalized spacial score (nSPS) is 10.9. The van der Waals surface area contributed by atoms with E-state index >= 15 is 0 Å². The molecule has 2 heterocycles. The van der Waals surface area contributed by atoms with E-state index in [0.717, 1.165) is 24.4 Å². The van der Waals surface area contributed by atoms with Gasteiger partial charge in [-0.25, -0.2) is 0 Å². The van der Waals surface area contributed by atoms with Crippen LogP contribution >= 0.6 is 0 Å². The molecule has 0 aliphatic carbocycles. The summed E-state index contributed by atoms with van der Waals surface area (Å²) in [5.41, 5.74) is 2.29. The Balaban J connectivity index is 1.74. The van der Waals surface area contributed by atoms with Gasteiger partial charge in [0.25, 0.3) is 0 Å². The number of hydrogen-bond donors (Lipinski definition) is 1. The molecule has 0 fully saturated rings. The number of nitrogens with one attached hydrogen (secondary N) is 1. The minimum absolute atomic E-state index is 0.740. The average molecular weight is 238 g/mol. The summed E-state index contributed by atoms with van der Waals surface area (Å²) in [7, 11) is 0. The third kappa shape index (κ3) is 2.26. The fraction of sp³-hybridized carbons (Fsp3) is 0.133. The van der Waals surface area contributed by atoms with E-state index in [9.17, 15) is 0 Å². The zero-order valence-corrected chi connectivity index (χ0v) is 9.97. The fourth-order valence-corrected chi connectivity index (χ4v) is 2.04. The lowest BCUT2D eigenvalue weighted by molar-refractivity contribution is 0.483. The molecule has 0 aliphatic rings. The largest absolute Gasteiger partial charge is 0.468 e. The Kier molecular flexibility index (Phi) is 3.07. The summed E-state index contributed by atoms with van der Waals surface area (Å²) in [6, 6.07) is 14.1. The Morgan fingerprint density at radius 1 is 1.00 bits per heavy atom. The van der Waals surface area contributed by atoms with Gasteiger partial charge in [-0.05, 0) is 29.8 Å². The molecule has 0 amide bonds. The summed E-state index contributed by atoms with van der Waals surface area (Å²) in [6.07, 6.45) is 3.55. The Labute approximate surface area is 105 Å². The van der Waals surface area contributed by atoms with Gasteiger partial charge < -0.3 is 9.73 Å². The van der Waals surface area contributed by atoms with Crippen molar-refractivity contribution in [2.24, 2.45) is 0 Å². The number of furan rings is 1. The maximum Gasteiger partial charge on any atom is 0.117 e. The Bertz CT molecular complexity index is 627. The molecule has 3 aromatic rings. The lowest BCUT2D eigenvalue weighted by Gasteiger charge is -2.06. The lowest BCUT2D eigenvalue weighted by Crippen LogP contribution is -2.12. The van der Waals surface area contributed by atoms with Gasteiger partial charge in [0.1, 0.15) is 5.76 Å². The quantitative estimate of drug-likeness (QED) is 0.759. The van der Waals surface area contributed by atoms with E-state index in [4.69, 9.17) is 4.42 Å². The maximum atomic E-state index is 5.28. The minimum Gasteiger partial charge on any atom is -0.468 e. The molecule has 0 unspecified atom stereocenters. The van der Waals surface area contributed by atoms with Gasteiger partial charge >= 0.3 is 0 Å². The SMILES string of the molecule is c1coc(CNCc2ccnc3ccccc23)c1. The van der Waals surface area contributed by atoms with Crippen LogP contribution in [0.15, 0.2) is 59.3 Å². The molecule has 3 rings (SSSR count). The molecular weight excluding hydrogens is 224 g/mol. The zero-order valence-electron chi connectivity index (χ0n) is 9.97. The average Bonchev–Trinajstić information content (AvgIpc) is 2.92. The van der Waals surface area contributed by atoms with Gasteiger partial charge in [-0.15, -0.1) is 0 Å². The summed E-state index contributed by atoms with van der Waals surface area (Å²) < 4.78 is 5.28. The molecule has 90 valence electrons. The molecule has 3 heteroatoms. The molecule has 1 N–H and O–H groups in total. The van der Waals surface area contributed by atoms with Crippen LogP contribution in [0.25, 0.3) is 10.9 Å². The molecule has 0 spiro atoms. The summed E-state index contributed by atoms with van der Waals surface area (Å²) >= 11 is 0. The van der Waals surface area contributed by atoms with Crippen molar-refractivity contribution < 1.29 is 4.42 Å². The van der Waals surface area contributed by atoms with Crippen LogP contribution < -0.4 is 5.32 Å². The second-order valence-corrected chi connectivity index (χ2v) is 4.17. The molecule has 1 aromatic carbocycles. The van der Waals surface area contributed by atoms with Crippen molar-refractivity contribution in [3.8, 4) is 0 Å². The summed E-state index contributed by atoms with van der Waals surface area (Å²) in [5.74, 6) is 0.952. The monoisotopic (exact) mass is 238 g/mol. The minimum atomic E-state index is 0.740.